The molecule has 0 fully saturated rings. The van der Waals surface area contributed by atoms with Crippen LogP contribution >= 0.6 is 0 Å². The molecule has 7 nitrogen and oxygen atoms in total. The molecule has 0 aliphatic carbocycles. The van der Waals surface area contributed by atoms with Crippen molar-refractivity contribution in [3.05, 3.63) is 33.9 Å². The summed E-state index contributed by atoms with van der Waals surface area (Å²) >= 11 is 0. The molecule has 0 atom stereocenters. The molecular weight excluding hydrogens is 274 g/mol. The number of hydrogen-bond donors (Lipinski definition) is 2. The fourth-order valence-corrected chi connectivity index (χ4v) is 2.04. The van der Waals surface area contributed by atoms with E-state index in [1.54, 1.807) is 0 Å². The van der Waals surface area contributed by atoms with E-state index in [4.69, 9.17) is 5.11 Å². The standard InChI is InChI=1S/C14H21N3O4/c1-3-16(4-2)9-5-8-15-12-10-11(14(18)19)6-7-13(12)17(20)21/h6-7,10,15H,3-5,8-9H2,1-2H3,(H,18,19). The fourth-order valence-electron chi connectivity index (χ4n) is 2.04. The number of carbonyl (C=O) groups is 1. The van der Waals surface area contributed by atoms with Gasteiger partial charge in [-0.25, -0.2) is 4.79 Å². The maximum Gasteiger partial charge on any atom is 0.335 e. The first-order valence-electron chi connectivity index (χ1n) is 6.97. The van der Waals surface area contributed by atoms with Crippen LogP contribution in [0.4, 0.5) is 11.4 Å². The average Bonchev–Trinajstić information content (AvgIpc) is 2.47. The Bertz CT molecular complexity index is 501. The maximum atomic E-state index is 10.9. The molecule has 0 heterocycles. The van der Waals surface area contributed by atoms with Gasteiger partial charge in [-0.2, -0.15) is 0 Å². The SMILES string of the molecule is CCN(CC)CCCNc1cc(C(=O)O)ccc1[N+](=O)[O-]. The number of aromatic carboxylic acids is 1. The van der Waals surface area contributed by atoms with Crippen molar-refractivity contribution in [3.63, 3.8) is 0 Å². The van der Waals surface area contributed by atoms with Gasteiger partial charge in [-0.3, -0.25) is 10.1 Å². The Hall–Kier alpha value is -2.15. The monoisotopic (exact) mass is 295 g/mol. The van der Waals surface area contributed by atoms with Crippen LogP contribution in [0.2, 0.25) is 0 Å². The molecule has 0 aliphatic heterocycles. The van der Waals surface area contributed by atoms with Crippen molar-refractivity contribution in [2.45, 2.75) is 20.3 Å². The molecule has 0 aromatic heterocycles. The van der Waals surface area contributed by atoms with Crippen molar-refractivity contribution in [2.24, 2.45) is 0 Å². The Morgan fingerprint density at radius 3 is 2.57 bits per heavy atom. The Kier molecular flexibility index (Phi) is 6.61. The van der Waals surface area contributed by atoms with Crippen LogP contribution in [-0.4, -0.2) is 47.1 Å². The molecule has 0 spiro atoms. The van der Waals surface area contributed by atoms with Crippen LogP contribution in [0.5, 0.6) is 0 Å². The number of carboxylic acid groups (broad SMARTS) is 1. The zero-order valence-electron chi connectivity index (χ0n) is 12.3. The van der Waals surface area contributed by atoms with Gasteiger partial charge in [0.2, 0.25) is 0 Å². The topological polar surface area (TPSA) is 95.7 Å². The second-order valence-electron chi connectivity index (χ2n) is 4.60. The summed E-state index contributed by atoms with van der Waals surface area (Å²) in [5, 5.41) is 22.9. The summed E-state index contributed by atoms with van der Waals surface area (Å²) < 4.78 is 0. The van der Waals surface area contributed by atoms with Crippen LogP contribution in [0.25, 0.3) is 0 Å². The van der Waals surface area contributed by atoms with Crippen LogP contribution in [0.1, 0.15) is 30.6 Å². The van der Waals surface area contributed by atoms with E-state index >= 15 is 0 Å². The lowest BCUT2D eigenvalue weighted by atomic mass is 10.1. The zero-order chi connectivity index (χ0) is 15.8. The number of nitrogens with one attached hydrogen (secondary N) is 1. The molecule has 0 amide bonds. The molecule has 21 heavy (non-hydrogen) atoms. The molecular formula is C14H21N3O4. The van der Waals surface area contributed by atoms with Crippen LogP contribution < -0.4 is 5.32 Å². The van der Waals surface area contributed by atoms with Crippen LogP contribution in [-0.2, 0) is 0 Å². The maximum absolute atomic E-state index is 10.9. The van der Waals surface area contributed by atoms with Crippen molar-refractivity contribution >= 4 is 17.3 Å². The Labute approximate surface area is 123 Å². The van der Waals surface area contributed by atoms with Gasteiger partial charge in [-0.15, -0.1) is 0 Å². The van der Waals surface area contributed by atoms with Crippen molar-refractivity contribution < 1.29 is 14.8 Å². The number of hydrogen-bond acceptors (Lipinski definition) is 5. The third-order valence-electron chi connectivity index (χ3n) is 3.30. The van der Waals surface area contributed by atoms with E-state index in [-0.39, 0.29) is 16.9 Å². The first kappa shape index (κ1) is 16.9. The highest BCUT2D eigenvalue weighted by Gasteiger charge is 2.16. The highest BCUT2D eigenvalue weighted by molar-refractivity contribution is 5.90. The average molecular weight is 295 g/mol. The molecule has 7 heteroatoms. The van der Waals surface area contributed by atoms with E-state index < -0.39 is 10.9 Å². The molecule has 0 saturated heterocycles. The van der Waals surface area contributed by atoms with Crippen LogP contribution in [0.15, 0.2) is 18.2 Å². The molecule has 2 N–H and O–H groups in total. The van der Waals surface area contributed by atoms with Gasteiger partial charge in [0.05, 0.1) is 10.5 Å². The van der Waals surface area contributed by atoms with Crippen molar-refractivity contribution in [2.75, 3.05) is 31.5 Å². The van der Waals surface area contributed by atoms with Crippen LogP contribution in [0.3, 0.4) is 0 Å². The summed E-state index contributed by atoms with van der Waals surface area (Å²) in [5.74, 6) is -1.10. The lowest BCUT2D eigenvalue weighted by Gasteiger charge is -2.18. The predicted octanol–water partition coefficient (Wildman–Crippen LogP) is 2.44. The lowest BCUT2D eigenvalue weighted by molar-refractivity contribution is -0.384. The normalized spacial score (nSPS) is 10.6. The van der Waals surface area contributed by atoms with E-state index in [0.717, 1.165) is 26.1 Å². The highest BCUT2D eigenvalue weighted by Crippen LogP contribution is 2.25. The predicted molar refractivity (Wildman–Crippen MR) is 81.0 cm³/mol. The van der Waals surface area contributed by atoms with E-state index in [1.165, 1.54) is 18.2 Å². The van der Waals surface area contributed by atoms with Gasteiger partial charge < -0.3 is 15.3 Å². The molecule has 116 valence electrons. The Balaban J connectivity index is 2.69. The van der Waals surface area contributed by atoms with Gasteiger partial charge >= 0.3 is 5.97 Å². The third-order valence-corrected chi connectivity index (χ3v) is 3.30. The summed E-state index contributed by atoms with van der Waals surface area (Å²) in [6, 6.07) is 3.76. The lowest BCUT2D eigenvalue weighted by Crippen LogP contribution is -2.25. The van der Waals surface area contributed by atoms with Gasteiger partial charge in [0.15, 0.2) is 0 Å². The van der Waals surface area contributed by atoms with Gasteiger partial charge in [0.1, 0.15) is 5.69 Å². The van der Waals surface area contributed by atoms with Gasteiger partial charge in [0.25, 0.3) is 5.69 Å². The first-order chi connectivity index (χ1) is 9.99. The minimum atomic E-state index is -1.10. The van der Waals surface area contributed by atoms with Crippen molar-refractivity contribution in [1.29, 1.82) is 0 Å². The summed E-state index contributed by atoms with van der Waals surface area (Å²) in [5.41, 5.74) is 0.175. The summed E-state index contributed by atoms with van der Waals surface area (Å²) in [6.07, 6.45) is 0.829. The molecule has 1 aromatic carbocycles. The number of rotatable bonds is 9. The molecule has 0 bridgehead atoms. The van der Waals surface area contributed by atoms with Gasteiger partial charge in [-0.05, 0) is 38.2 Å². The smallest absolute Gasteiger partial charge is 0.335 e. The quantitative estimate of drug-likeness (QED) is 0.412. The van der Waals surface area contributed by atoms with E-state index in [0.29, 0.717) is 6.54 Å². The Morgan fingerprint density at radius 2 is 2.05 bits per heavy atom. The number of nitro groups is 1. The van der Waals surface area contributed by atoms with E-state index in [2.05, 4.69) is 24.1 Å². The number of anilines is 1. The highest BCUT2D eigenvalue weighted by atomic mass is 16.6. The van der Waals surface area contributed by atoms with Crippen molar-refractivity contribution in [3.8, 4) is 0 Å². The largest absolute Gasteiger partial charge is 0.478 e. The number of nitro benzene ring substituents is 1. The molecule has 0 radical (unpaired) electrons. The minimum Gasteiger partial charge on any atom is -0.478 e. The minimum absolute atomic E-state index is 0.0341. The number of nitrogens with zero attached hydrogens (tertiary/aromatic N) is 2. The molecule has 0 unspecified atom stereocenters. The second-order valence-corrected chi connectivity index (χ2v) is 4.60. The summed E-state index contributed by atoms with van der Waals surface area (Å²) in [4.78, 5) is 23.6. The number of carboxylic acids is 1. The van der Waals surface area contributed by atoms with Crippen LogP contribution in [0, 0.1) is 10.1 Å². The van der Waals surface area contributed by atoms with E-state index in [9.17, 15) is 14.9 Å². The summed E-state index contributed by atoms with van der Waals surface area (Å²) in [6.45, 7) is 7.54. The fraction of sp³-hybridized carbons (Fsp3) is 0.500. The second kappa shape index (κ2) is 8.21. The van der Waals surface area contributed by atoms with E-state index in [1.807, 2.05) is 0 Å². The van der Waals surface area contributed by atoms with Gasteiger partial charge in [-0.1, -0.05) is 13.8 Å². The molecule has 1 aromatic rings. The molecule has 1 rings (SSSR count). The molecule has 0 saturated carbocycles. The molecule has 0 aliphatic rings. The Morgan fingerprint density at radius 1 is 1.38 bits per heavy atom. The zero-order valence-corrected chi connectivity index (χ0v) is 12.3. The third kappa shape index (κ3) is 5.03. The first-order valence-corrected chi connectivity index (χ1v) is 6.97. The van der Waals surface area contributed by atoms with Gasteiger partial charge in [0, 0.05) is 12.6 Å². The summed E-state index contributed by atoms with van der Waals surface area (Å²) in [7, 11) is 0. The number of benzene rings is 1. The van der Waals surface area contributed by atoms with Crippen molar-refractivity contribution in [1.82, 2.24) is 4.90 Å².